The Morgan fingerprint density at radius 2 is 1.81 bits per heavy atom. The zero-order valence-electron chi connectivity index (χ0n) is 19.1. The Labute approximate surface area is 189 Å². The molecule has 1 aromatic heterocycles. The Morgan fingerprint density at radius 3 is 2.44 bits per heavy atom. The van der Waals surface area contributed by atoms with Gasteiger partial charge in [0.2, 0.25) is 0 Å². The summed E-state index contributed by atoms with van der Waals surface area (Å²) in [5, 5.41) is 4.05. The van der Waals surface area contributed by atoms with Crippen molar-refractivity contribution in [2.75, 3.05) is 13.6 Å². The van der Waals surface area contributed by atoms with Crippen LogP contribution in [0.25, 0.3) is 5.70 Å². The maximum atomic E-state index is 12.2. The first-order valence-corrected chi connectivity index (χ1v) is 11.0. The summed E-state index contributed by atoms with van der Waals surface area (Å²) in [5.74, 6) is 7.20. The lowest BCUT2D eigenvalue weighted by Crippen LogP contribution is -2.37. The molecule has 2 aromatic rings. The number of benzene rings is 1. The average Bonchev–Trinajstić information content (AvgIpc) is 2.77. The summed E-state index contributed by atoms with van der Waals surface area (Å²) in [6.45, 7) is 3.95. The second-order valence-electron chi connectivity index (χ2n) is 8.19. The van der Waals surface area contributed by atoms with Crippen LogP contribution in [0.4, 0.5) is 4.79 Å². The number of nitrogens with two attached hydrogens (primary N) is 2. The Bertz CT molecular complexity index is 951. The van der Waals surface area contributed by atoms with E-state index < -0.39 is 6.09 Å². The third-order valence-corrected chi connectivity index (χ3v) is 5.53. The van der Waals surface area contributed by atoms with Crippen molar-refractivity contribution in [3.8, 4) is 11.5 Å². The Balaban J connectivity index is 1.67. The summed E-state index contributed by atoms with van der Waals surface area (Å²) in [6.07, 6.45) is 5.50. The minimum absolute atomic E-state index is 0.0879. The summed E-state index contributed by atoms with van der Waals surface area (Å²) in [7, 11) is 1.66. The van der Waals surface area contributed by atoms with E-state index in [0.717, 1.165) is 29.8 Å². The minimum atomic E-state index is -0.596. The molecular formula is C24H33N5O3. The van der Waals surface area contributed by atoms with Crippen molar-refractivity contribution in [1.29, 1.82) is 0 Å². The van der Waals surface area contributed by atoms with Crippen LogP contribution in [-0.4, -0.2) is 35.8 Å². The van der Waals surface area contributed by atoms with Crippen LogP contribution in [-0.2, 0) is 0 Å². The van der Waals surface area contributed by atoms with Crippen LogP contribution in [0.1, 0.15) is 49.1 Å². The van der Waals surface area contributed by atoms with E-state index in [1.807, 2.05) is 38.1 Å². The molecule has 1 aliphatic carbocycles. The van der Waals surface area contributed by atoms with Gasteiger partial charge in [0.15, 0.2) is 0 Å². The van der Waals surface area contributed by atoms with Gasteiger partial charge in [-0.2, -0.15) is 0 Å². The van der Waals surface area contributed by atoms with Gasteiger partial charge in [0, 0.05) is 7.05 Å². The van der Waals surface area contributed by atoms with Crippen molar-refractivity contribution in [2.24, 2.45) is 11.6 Å². The fourth-order valence-electron chi connectivity index (χ4n) is 3.65. The molecule has 1 amide bonds. The predicted molar refractivity (Wildman–Crippen MR) is 125 cm³/mol. The number of aryl methyl sites for hydroxylation is 2. The molecule has 0 unspecified atom stereocenters. The number of rotatable bonds is 7. The smallest absolute Gasteiger partial charge is 0.412 e. The molecule has 0 radical (unpaired) electrons. The van der Waals surface area contributed by atoms with E-state index in [2.05, 4.69) is 10.3 Å². The molecule has 3 rings (SSSR count). The molecule has 8 nitrogen and oxygen atoms in total. The number of aromatic nitrogens is 1. The second-order valence-corrected chi connectivity index (χ2v) is 8.19. The first-order valence-electron chi connectivity index (χ1n) is 11.0. The molecule has 1 saturated carbocycles. The Hall–Kier alpha value is -3.26. The molecule has 1 fully saturated rings. The maximum Gasteiger partial charge on any atom is 0.412 e. The highest BCUT2D eigenvalue weighted by Crippen LogP contribution is 2.26. The van der Waals surface area contributed by atoms with Gasteiger partial charge in [0.05, 0.1) is 35.4 Å². The van der Waals surface area contributed by atoms with Crippen molar-refractivity contribution in [2.45, 2.75) is 52.1 Å². The van der Waals surface area contributed by atoms with Crippen molar-refractivity contribution >= 4 is 11.8 Å². The first-order chi connectivity index (χ1) is 15.3. The highest BCUT2D eigenvalue weighted by molar-refractivity contribution is 5.72. The normalized spacial score (nSPS) is 15.0. The number of amides is 1. The standard InChI is InChI=1S/C24H33N5O3/c1-16-9-11-19(12-10-16)32-24(30)27-15-21(29(3)26)23(25)20-13-14-22(17(2)28-20)31-18-7-5-4-6-8-18/h9-14,18H,4-8,15,25-26H2,1-3H3,(H,27,30)/b23-21-. The van der Waals surface area contributed by atoms with Gasteiger partial charge in [-0.1, -0.05) is 24.1 Å². The lowest BCUT2D eigenvalue weighted by atomic mass is 9.98. The van der Waals surface area contributed by atoms with E-state index in [1.165, 1.54) is 24.3 Å². The van der Waals surface area contributed by atoms with Gasteiger partial charge >= 0.3 is 6.09 Å². The minimum Gasteiger partial charge on any atom is -0.489 e. The molecular weight excluding hydrogens is 406 g/mol. The summed E-state index contributed by atoms with van der Waals surface area (Å²) in [5.41, 5.74) is 9.66. The molecule has 1 heterocycles. The molecule has 0 bridgehead atoms. The molecule has 8 heteroatoms. The van der Waals surface area contributed by atoms with Gasteiger partial charge < -0.3 is 25.5 Å². The van der Waals surface area contributed by atoms with E-state index in [-0.39, 0.29) is 12.6 Å². The largest absolute Gasteiger partial charge is 0.489 e. The zero-order valence-corrected chi connectivity index (χ0v) is 19.1. The predicted octanol–water partition coefficient (Wildman–Crippen LogP) is 3.63. The molecule has 1 aromatic carbocycles. The van der Waals surface area contributed by atoms with E-state index in [4.69, 9.17) is 21.1 Å². The van der Waals surface area contributed by atoms with Gasteiger partial charge in [-0.25, -0.2) is 15.6 Å². The number of nitrogens with one attached hydrogen (secondary N) is 1. The van der Waals surface area contributed by atoms with E-state index in [0.29, 0.717) is 22.8 Å². The number of carbonyl (C=O) groups excluding carboxylic acids is 1. The molecule has 0 spiro atoms. The highest BCUT2D eigenvalue weighted by Gasteiger charge is 2.18. The molecule has 32 heavy (non-hydrogen) atoms. The highest BCUT2D eigenvalue weighted by atomic mass is 16.6. The molecule has 0 aliphatic heterocycles. The van der Waals surface area contributed by atoms with Gasteiger partial charge in [-0.15, -0.1) is 0 Å². The fraction of sp³-hybridized carbons (Fsp3) is 0.417. The van der Waals surface area contributed by atoms with Crippen molar-refractivity contribution in [1.82, 2.24) is 15.3 Å². The van der Waals surface area contributed by atoms with Crippen LogP contribution in [0.5, 0.6) is 11.5 Å². The van der Waals surface area contributed by atoms with Gasteiger partial charge in [-0.3, -0.25) is 0 Å². The van der Waals surface area contributed by atoms with E-state index in [9.17, 15) is 4.79 Å². The Morgan fingerprint density at radius 1 is 1.12 bits per heavy atom. The lowest BCUT2D eigenvalue weighted by molar-refractivity contribution is 0.153. The van der Waals surface area contributed by atoms with E-state index in [1.54, 1.807) is 19.2 Å². The Kier molecular flexibility index (Phi) is 7.94. The molecule has 5 N–H and O–H groups in total. The van der Waals surface area contributed by atoms with Crippen LogP contribution >= 0.6 is 0 Å². The van der Waals surface area contributed by atoms with Crippen molar-refractivity contribution in [3.63, 3.8) is 0 Å². The summed E-state index contributed by atoms with van der Waals surface area (Å²) in [6, 6.07) is 10.9. The maximum absolute atomic E-state index is 12.2. The lowest BCUT2D eigenvalue weighted by Gasteiger charge is -2.24. The number of pyridine rings is 1. The molecule has 1 aliphatic rings. The van der Waals surface area contributed by atoms with Crippen LogP contribution in [0.15, 0.2) is 42.1 Å². The zero-order chi connectivity index (χ0) is 23.1. The third kappa shape index (κ3) is 6.37. The van der Waals surface area contributed by atoms with Gasteiger partial charge in [-0.05, 0) is 63.8 Å². The van der Waals surface area contributed by atoms with Gasteiger partial charge in [0.1, 0.15) is 11.5 Å². The number of hydrogen-bond donors (Lipinski definition) is 3. The van der Waals surface area contributed by atoms with Gasteiger partial charge in [0.25, 0.3) is 0 Å². The number of nitrogens with zero attached hydrogens (tertiary/aromatic N) is 2. The molecule has 172 valence electrons. The quantitative estimate of drug-likeness (QED) is 0.446. The molecule has 0 atom stereocenters. The van der Waals surface area contributed by atoms with Crippen LogP contribution in [0.3, 0.4) is 0 Å². The van der Waals surface area contributed by atoms with E-state index >= 15 is 0 Å². The van der Waals surface area contributed by atoms with Crippen molar-refractivity contribution < 1.29 is 14.3 Å². The van der Waals surface area contributed by atoms with Crippen LogP contribution in [0, 0.1) is 13.8 Å². The number of hydrogen-bond acceptors (Lipinski definition) is 7. The average molecular weight is 440 g/mol. The molecule has 0 saturated heterocycles. The first kappa shape index (κ1) is 23.4. The number of hydrazine groups is 1. The monoisotopic (exact) mass is 439 g/mol. The fourth-order valence-corrected chi connectivity index (χ4v) is 3.65. The summed E-state index contributed by atoms with van der Waals surface area (Å²) in [4.78, 5) is 16.8. The van der Waals surface area contributed by atoms with Crippen LogP contribution in [0.2, 0.25) is 0 Å². The van der Waals surface area contributed by atoms with Crippen LogP contribution < -0.4 is 26.4 Å². The summed E-state index contributed by atoms with van der Waals surface area (Å²) < 4.78 is 11.4. The third-order valence-electron chi connectivity index (χ3n) is 5.53. The number of ether oxygens (including phenoxy) is 2. The topological polar surface area (TPSA) is 116 Å². The second kappa shape index (κ2) is 10.9. The van der Waals surface area contributed by atoms with Crippen molar-refractivity contribution in [3.05, 3.63) is 59.0 Å². The number of carbonyl (C=O) groups is 1. The SMILES string of the molecule is Cc1ccc(OC(=O)NC/C(=C(/N)c2ccc(OC3CCCCC3)c(C)n2)N(C)N)cc1. The number of likely N-dealkylation sites (N-methyl/N-ethyl adjacent to an activating group) is 1. The summed E-state index contributed by atoms with van der Waals surface area (Å²) >= 11 is 0.